The van der Waals surface area contributed by atoms with E-state index in [1.807, 2.05) is 39.0 Å². The molecule has 0 aliphatic carbocycles. The number of benzene rings is 2. The van der Waals surface area contributed by atoms with Gasteiger partial charge in [0.05, 0.1) is 0 Å². The Kier molecular flexibility index (Phi) is 28.8. The van der Waals surface area contributed by atoms with Gasteiger partial charge in [-0.25, -0.2) is 11.6 Å². The van der Waals surface area contributed by atoms with Gasteiger partial charge in [-0.05, 0) is 24.0 Å². The fourth-order valence-corrected chi connectivity index (χ4v) is 2.25. The largest absolute Gasteiger partial charge is 4.00 e. The van der Waals surface area contributed by atoms with Crippen molar-refractivity contribution in [1.82, 2.24) is 0 Å². The summed E-state index contributed by atoms with van der Waals surface area (Å²) in [6, 6.07) is 21.0. The van der Waals surface area contributed by atoms with Crippen molar-refractivity contribution in [1.29, 1.82) is 0 Å². The SMILES string of the molecule is C(C=CCc1ccccc1)=CCc1ccccc1.CC(C)(C)[O-].CC(C)(C)[O-].CC(C)(C)[O-].[CH-]=C(C)C=C(C)C.[Ti+4]. The zero-order chi connectivity index (χ0) is 31.8. The molecule has 2 aromatic carbocycles. The third-order valence-corrected chi connectivity index (χ3v) is 3.29. The molecule has 2 aromatic rings. The van der Waals surface area contributed by atoms with Crippen LogP contribution in [0.1, 0.15) is 94.2 Å². The first-order valence-electron chi connectivity index (χ1n) is 13.8. The molecule has 0 radical (unpaired) electrons. The van der Waals surface area contributed by atoms with Crippen LogP contribution in [0, 0.1) is 6.58 Å². The minimum atomic E-state index is -0.750. The Morgan fingerprint density at radius 1 is 0.585 bits per heavy atom. The summed E-state index contributed by atoms with van der Waals surface area (Å²) in [5.74, 6) is 0. The maximum atomic E-state index is 10.1. The van der Waals surface area contributed by atoms with Crippen molar-refractivity contribution < 1.29 is 37.0 Å². The van der Waals surface area contributed by atoms with E-state index in [-0.39, 0.29) is 21.7 Å². The first kappa shape index (κ1) is 46.0. The van der Waals surface area contributed by atoms with E-state index in [1.165, 1.54) is 16.7 Å². The third-order valence-electron chi connectivity index (χ3n) is 3.29. The van der Waals surface area contributed by atoms with Crippen LogP contribution >= 0.6 is 0 Å². The quantitative estimate of drug-likeness (QED) is 0.199. The van der Waals surface area contributed by atoms with Gasteiger partial charge in [-0.1, -0.05) is 168 Å². The van der Waals surface area contributed by atoms with E-state index in [9.17, 15) is 15.3 Å². The van der Waals surface area contributed by atoms with Crippen LogP contribution in [-0.2, 0) is 34.6 Å². The summed E-state index contributed by atoms with van der Waals surface area (Å²) in [6.45, 7) is 26.0. The minimum absolute atomic E-state index is 0. The normalized spacial score (nSPS) is 10.7. The molecule has 0 unspecified atom stereocenters. The second-order valence-corrected chi connectivity index (χ2v) is 12.5. The maximum Gasteiger partial charge on any atom is 4.00 e. The van der Waals surface area contributed by atoms with Crippen LogP contribution in [0.3, 0.4) is 0 Å². The zero-order valence-corrected chi connectivity index (χ0v) is 29.4. The zero-order valence-electron chi connectivity index (χ0n) is 27.9. The standard InChI is InChI=1S/C18H18.C7H11.3C4H9O.Ti/c1(5-11-17-13-7-3-8-14-17)2-6-12-18-15-9-4-10-16-18;1-6(2)5-7(3)4;3*1-4(2,3)5;/h1-10,13-16H,11-12H2;1,5H,2-4H3;3*1-3H3;/q;4*-1;+4. The summed E-state index contributed by atoms with van der Waals surface area (Å²) in [6.07, 6.45) is 12.6. The van der Waals surface area contributed by atoms with Crippen LogP contribution in [-0.4, -0.2) is 16.8 Å². The van der Waals surface area contributed by atoms with E-state index in [4.69, 9.17) is 6.58 Å². The molecule has 0 fully saturated rings. The Morgan fingerprint density at radius 3 is 1.00 bits per heavy atom. The number of allylic oxidation sites excluding steroid dienone is 7. The van der Waals surface area contributed by atoms with Crippen LogP contribution in [0.5, 0.6) is 0 Å². The van der Waals surface area contributed by atoms with Gasteiger partial charge in [-0.3, -0.25) is 6.58 Å². The average molecular weight is 597 g/mol. The molecule has 2 rings (SSSR count). The summed E-state index contributed by atoms with van der Waals surface area (Å²) in [7, 11) is 0. The van der Waals surface area contributed by atoms with E-state index in [1.54, 1.807) is 62.3 Å². The molecule has 0 saturated carbocycles. The van der Waals surface area contributed by atoms with Crippen molar-refractivity contribution in [3.8, 4) is 0 Å². The van der Waals surface area contributed by atoms with E-state index in [2.05, 4.69) is 72.8 Å². The van der Waals surface area contributed by atoms with Gasteiger partial charge in [0.15, 0.2) is 0 Å². The molecule has 0 saturated heterocycles. The summed E-state index contributed by atoms with van der Waals surface area (Å²) in [4.78, 5) is 0. The van der Waals surface area contributed by atoms with Gasteiger partial charge in [0.2, 0.25) is 0 Å². The van der Waals surface area contributed by atoms with Crippen molar-refractivity contribution in [2.75, 3.05) is 0 Å². The predicted molar refractivity (Wildman–Crippen MR) is 171 cm³/mol. The van der Waals surface area contributed by atoms with Crippen LogP contribution in [0.15, 0.2) is 102 Å². The van der Waals surface area contributed by atoms with E-state index >= 15 is 0 Å². The van der Waals surface area contributed by atoms with Gasteiger partial charge in [-0.2, -0.15) is 5.57 Å². The molecule has 41 heavy (non-hydrogen) atoms. The fraction of sp³-hybridized carbons (Fsp3) is 0.459. The van der Waals surface area contributed by atoms with Crippen LogP contribution in [0.2, 0.25) is 0 Å². The van der Waals surface area contributed by atoms with Gasteiger partial charge >= 0.3 is 21.7 Å². The molecule has 0 aliphatic rings. The Hall–Kier alpha value is -2.01. The Morgan fingerprint density at radius 2 is 0.829 bits per heavy atom. The van der Waals surface area contributed by atoms with Crippen LogP contribution in [0.25, 0.3) is 0 Å². The van der Waals surface area contributed by atoms with Gasteiger partial charge in [0.25, 0.3) is 0 Å². The van der Waals surface area contributed by atoms with E-state index in [0.29, 0.717) is 0 Å². The van der Waals surface area contributed by atoms with E-state index in [0.717, 1.165) is 18.4 Å². The average Bonchev–Trinajstić information content (AvgIpc) is 2.74. The summed E-state index contributed by atoms with van der Waals surface area (Å²) in [5, 5.41) is 30.3. The van der Waals surface area contributed by atoms with Crippen LogP contribution in [0.4, 0.5) is 0 Å². The van der Waals surface area contributed by atoms with Gasteiger partial charge in [0.1, 0.15) is 0 Å². The molecule has 3 nitrogen and oxygen atoms in total. The van der Waals surface area contributed by atoms with E-state index < -0.39 is 16.8 Å². The molecule has 4 heteroatoms. The number of hydrogen-bond donors (Lipinski definition) is 0. The number of rotatable bonds is 6. The second-order valence-electron chi connectivity index (χ2n) is 12.5. The summed E-state index contributed by atoms with van der Waals surface area (Å²) in [5.41, 5.74) is 2.58. The van der Waals surface area contributed by atoms with Crippen LogP contribution < -0.4 is 15.3 Å². The monoisotopic (exact) mass is 596 g/mol. The van der Waals surface area contributed by atoms with Crippen molar-refractivity contribution in [2.45, 2.75) is 113 Å². The predicted octanol–water partition coefficient (Wildman–Crippen LogP) is 7.35. The third kappa shape index (κ3) is 67.6. The molecule has 0 aromatic heterocycles. The first-order chi connectivity index (χ1) is 18.1. The molecule has 0 spiro atoms. The molecule has 0 heterocycles. The number of hydrogen-bond acceptors (Lipinski definition) is 3. The van der Waals surface area contributed by atoms with Crippen molar-refractivity contribution in [3.05, 3.63) is 120 Å². The Balaban J connectivity index is -0.000000247. The molecule has 0 bridgehead atoms. The Labute approximate surface area is 268 Å². The maximum absolute atomic E-state index is 10.1. The molecule has 226 valence electrons. The van der Waals surface area contributed by atoms with Crippen molar-refractivity contribution >= 4 is 0 Å². The van der Waals surface area contributed by atoms with Gasteiger partial charge in [-0.15, -0.1) is 16.8 Å². The molecule has 0 amide bonds. The van der Waals surface area contributed by atoms with Crippen molar-refractivity contribution in [3.63, 3.8) is 0 Å². The fourth-order valence-electron chi connectivity index (χ4n) is 2.25. The molecule has 0 atom stereocenters. The molecule has 0 aliphatic heterocycles. The smallest absolute Gasteiger partial charge is 0.850 e. The molecule has 0 N–H and O–H groups in total. The van der Waals surface area contributed by atoms with Gasteiger partial charge < -0.3 is 15.3 Å². The Bertz CT molecular complexity index is 853. The van der Waals surface area contributed by atoms with Gasteiger partial charge in [0, 0.05) is 0 Å². The topological polar surface area (TPSA) is 69.2 Å². The molecular weight excluding hydrogens is 540 g/mol. The first-order valence-corrected chi connectivity index (χ1v) is 13.8. The van der Waals surface area contributed by atoms with Crippen molar-refractivity contribution in [2.24, 2.45) is 0 Å². The second kappa shape index (κ2) is 25.7. The summed E-state index contributed by atoms with van der Waals surface area (Å²) < 4.78 is 0. The minimum Gasteiger partial charge on any atom is -0.850 e. The summed E-state index contributed by atoms with van der Waals surface area (Å²) >= 11 is 0. The molecular formula is C37H56O3Ti.